The fraction of sp³-hybridized carbons (Fsp3) is 0.394. The van der Waals surface area contributed by atoms with Crippen molar-refractivity contribution in [3.8, 4) is 5.75 Å². The quantitative estimate of drug-likeness (QED) is 0.248. The van der Waals surface area contributed by atoms with E-state index in [0.29, 0.717) is 32.8 Å². The van der Waals surface area contributed by atoms with Crippen LogP contribution >= 0.6 is 0 Å². The van der Waals surface area contributed by atoms with Crippen molar-refractivity contribution < 1.29 is 17.9 Å². The van der Waals surface area contributed by atoms with Crippen molar-refractivity contribution in [2.45, 2.75) is 38.3 Å². The zero-order valence-electron chi connectivity index (χ0n) is 23.0. The number of rotatable bonds is 9. The molecule has 1 saturated heterocycles. The molecule has 4 aromatic rings. The number of ether oxygens (including phenoxy) is 1. The zero-order valence-corrected chi connectivity index (χ0v) is 23.0. The van der Waals surface area contributed by atoms with Crippen molar-refractivity contribution in [3.63, 3.8) is 0 Å². The lowest BCUT2D eigenvalue weighted by molar-refractivity contribution is 0.0667. The number of nitrogens with zero attached hydrogens (tertiary/aromatic N) is 2. The Hall–Kier alpha value is -3.29. The highest BCUT2D eigenvalue weighted by atomic mass is 19.1. The van der Waals surface area contributed by atoms with Gasteiger partial charge in [0.15, 0.2) is 0 Å². The molecule has 3 unspecified atom stereocenters. The van der Waals surface area contributed by atoms with Crippen LogP contribution in [0.25, 0.3) is 10.9 Å². The second-order valence-electron chi connectivity index (χ2n) is 11.5. The molecule has 0 saturated carbocycles. The largest absolute Gasteiger partial charge is 0.492 e. The van der Waals surface area contributed by atoms with E-state index >= 15 is 8.78 Å². The lowest BCUT2D eigenvalue weighted by Gasteiger charge is -2.42. The molecule has 0 spiro atoms. The van der Waals surface area contributed by atoms with Crippen molar-refractivity contribution >= 4 is 10.9 Å². The first-order valence-electron chi connectivity index (χ1n) is 14.2. The Morgan fingerprint density at radius 2 is 1.70 bits per heavy atom. The molecule has 3 aromatic carbocycles. The molecule has 4 nitrogen and oxygen atoms in total. The van der Waals surface area contributed by atoms with Crippen molar-refractivity contribution in [2.24, 2.45) is 5.92 Å². The number of H-pyrrole nitrogens is 1. The summed E-state index contributed by atoms with van der Waals surface area (Å²) in [7, 11) is 0. The molecular weight excluding hydrogens is 511 g/mol. The van der Waals surface area contributed by atoms with Crippen LogP contribution < -0.4 is 4.74 Å². The number of likely N-dealkylation sites (tertiary alicyclic amines) is 1. The van der Waals surface area contributed by atoms with Gasteiger partial charge in [0, 0.05) is 72.4 Å². The van der Waals surface area contributed by atoms with Gasteiger partial charge in [0.2, 0.25) is 0 Å². The van der Waals surface area contributed by atoms with E-state index < -0.39 is 17.7 Å². The second-order valence-corrected chi connectivity index (χ2v) is 11.5. The predicted octanol–water partition coefficient (Wildman–Crippen LogP) is 6.87. The lowest BCUT2D eigenvalue weighted by Crippen LogP contribution is -2.49. The molecule has 0 radical (unpaired) electrons. The summed E-state index contributed by atoms with van der Waals surface area (Å²) in [6, 6.07) is 20.4. The topological polar surface area (TPSA) is 31.5 Å². The van der Waals surface area contributed by atoms with E-state index in [1.165, 1.54) is 17.7 Å². The standard InChI is InChI=1S/C33H36F3N3O/c1-21(24-8-4-3-5-9-24)18-39-22(2)14-27-26-10-6-7-11-30(26)37-32(27)33(39)31-28(35)15-25(16-29(31)36)40-13-12-38-19-23(17-34)20-38/h3-11,15-16,21-23,33,37H,12-14,17-20H2,1-2H3. The predicted molar refractivity (Wildman–Crippen MR) is 153 cm³/mol. The van der Waals surface area contributed by atoms with Crippen LogP contribution in [0.3, 0.4) is 0 Å². The van der Waals surface area contributed by atoms with Crippen molar-refractivity contribution in [1.82, 2.24) is 14.8 Å². The summed E-state index contributed by atoms with van der Waals surface area (Å²) in [6.07, 6.45) is 0.793. The number of benzene rings is 3. The van der Waals surface area contributed by atoms with Crippen LogP contribution in [0, 0.1) is 17.6 Å². The number of aromatic amines is 1. The first kappa shape index (κ1) is 26.9. The van der Waals surface area contributed by atoms with E-state index in [1.807, 2.05) is 36.4 Å². The molecule has 2 aliphatic rings. The first-order valence-corrected chi connectivity index (χ1v) is 14.2. The Balaban J connectivity index is 1.32. The Bertz CT molecular complexity index is 1440. The Morgan fingerprint density at radius 3 is 2.42 bits per heavy atom. The molecule has 1 fully saturated rings. The molecule has 40 heavy (non-hydrogen) atoms. The minimum Gasteiger partial charge on any atom is -0.492 e. The summed E-state index contributed by atoms with van der Waals surface area (Å²) in [6.45, 7) is 6.95. The van der Waals surface area contributed by atoms with E-state index in [2.05, 4.69) is 46.8 Å². The van der Waals surface area contributed by atoms with Crippen molar-refractivity contribution in [1.29, 1.82) is 0 Å². The molecular formula is C33H36F3N3O. The summed E-state index contributed by atoms with van der Waals surface area (Å²) in [5, 5.41) is 1.10. The summed E-state index contributed by atoms with van der Waals surface area (Å²) in [5.41, 5.74) is 4.19. The number of hydrogen-bond acceptors (Lipinski definition) is 3. The van der Waals surface area contributed by atoms with Gasteiger partial charge in [-0.3, -0.25) is 14.2 Å². The fourth-order valence-corrected chi connectivity index (χ4v) is 6.46. The highest BCUT2D eigenvalue weighted by molar-refractivity contribution is 5.85. The van der Waals surface area contributed by atoms with E-state index in [1.54, 1.807) is 0 Å². The summed E-state index contributed by atoms with van der Waals surface area (Å²) in [5.74, 6) is -0.792. The van der Waals surface area contributed by atoms with Gasteiger partial charge in [-0.05, 0) is 36.5 Å². The maximum Gasteiger partial charge on any atom is 0.135 e. The van der Waals surface area contributed by atoms with Gasteiger partial charge in [-0.25, -0.2) is 8.78 Å². The minimum atomic E-state index is -0.613. The summed E-state index contributed by atoms with van der Waals surface area (Å²) in [4.78, 5) is 7.85. The molecule has 0 amide bonds. The smallest absolute Gasteiger partial charge is 0.135 e. The number of halogens is 3. The van der Waals surface area contributed by atoms with Crippen LogP contribution in [0.15, 0.2) is 66.7 Å². The van der Waals surface area contributed by atoms with Gasteiger partial charge in [0.05, 0.1) is 12.7 Å². The summed E-state index contributed by atoms with van der Waals surface area (Å²) < 4.78 is 50.3. The first-order chi connectivity index (χ1) is 19.4. The normalized spacial score (nSPS) is 20.8. The monoisotopic (exact) mass is 547 g/mol. The number of fused-ring (bicyclic) bond motifs is 3. The number of nitrogens with one attached hydrogen (secondary N) is 1. The van der Waals surface area contributed by atoms with Crippen LogP contribution in [-0.4, -0.2) is 60.3 Å². The molecule has 210 valence electrons. The third-order valence-electron chi connectivity index (χ3n) is 8.62. The lowest BCUT2D eigenvalue weighted by atomic mass is 9.86. The van der Waals surface area contributed by atoms with Gasteiger partial charge in [0.1, 0.15) is 24.0 Å². The van der Waals surface area contributed by atoms with Gasteiger partial charge in [-0.1, -0.05) is 55.5 Å². The molecule has 6 rings (SSSR count). The van der Waals surface area contributed by atoms with Crippen LogP contribution in [0.1, 0.15) is 48.2 Å². The van der Waals surface area contributed by atoms with Gasteiger partial charge >= 0.3 is 0 Å². The average Bonchev–Trinajstić information content (AvgIpc) is 3.29. The molecule has 0 bridgehead atoms. The highest BCUT2D eigenvalue weighted by Gasteiger charge is 2.39. The van der Waals surface area contributed by atoms with Gasteiger partial charge < -0.3 is 9.72 Å². The molecule has 1 aromatic heterocycles. The van der Waals surface area contributed by atoms with Gasteiger partial charge in [0.25, 0.3) is 0 Å². The van der Waals surface area contributed by atoms with E-state index in [-0.39, 0.29) is 35.9 Å². The third kappa shape index (κ3) is 5.13. The molecule has 0 aliphatic carbocycles. The number of para-hydroxylation sites is 1. The SMILES string of the molecule is CC(CN1C(C)Cc2c([nH]c3ccccc23)C1c1c(F)cc(OCCN2CC(CF)C2)cc1F)c1ccccc1. The molecule has 3 atom stereocenters. The van der Waals surface area contributed by atoms with Gasteiger partial charge in [-0.2, -0.15) is 0 Å². The Labute approximate surface area is 233 Å². The number of alkyl halides is 1. The van der Waals surface area contributed by atoms with E-state index in [9.17, 15) is 4.39 Å². The fourth-order valence-electron chi connectivity index (χ4n) is 6.46. The Morgan fingerprint density at radius 1 is 1.00 bits per heavy atom. The molecule has 1 N–H and O–H groups in total. The molecule has 7 heteroatoms. The van der Waals surface area contributed by atoms with Crippen molar-refractivity contribution in [3.05, 3.63) is 101 Å². The average molecular weight is 548 g/mol. The van der Waals surface area contributed by atoms with Crippen LogP contribution in [0.5, 0.6) is 5.75 Å². The zero-order chi connectivity index (χ0) is 27.8. The number of aromatic nitrogens is 1. The summed E-state index contributed by atoms with van der Waals surface area (Å²) >= 11 is 0. The Kier molecular flexibility index (Phi) is 7.60. The van der Waals surface area contributed by atoms with Gasteiger partial charge in [-0.15, -0.1) is 0 Å². The van der Waals surface area contributed by atoms with Crippen molar-refractivity contribution in [2.75, 3.05) is 39.5 Å². The van der Waals surface area contributed by atoms with Crippen LogP contribution in [-0.2, 0) is 6.42 Å². The maximum atomic E-state index is 16.0. The van der Waals surface area contributed by atoms with Crippen LogP contribution in [0.2, 0.25) is 0 Å². The number of hydrogen-bond donors (Lipinski definition) is 1. The minimum absolute atomic E-state index is 0.0421. The van der Waals surface area contributed by atoms with E-state index in [0.717, 1.165) is 28.6 Å². The molecule has 3 heterocycles. The third-order valence-corrected chi connectivity index (χ3v) is 8.62. The maximum absolute atomic E-state index is 16.0. The van der Waals surface area contributed by atoms with E-state index in [4.69, 9.17) is 4.74 Å². The molecule has 2 aliphatic heterocycles. The second kappa shape index (κ2) is 11.3. The van der Waals surface area contributed by atoms with Crippen LogP contribution in [0.4, 0.5) is 13.2 Å². The highest BCUT2D eigenvalue weighted by Crippen LogP contribution is 2.43.